The molecule has 0 aromatic carbocycles. The Hall–Kier alpha value is 1.74. The van der Waals surface area contributed by atoms with Crippen LogP contribution in [-0.2, 0) is 63.3 Å². The molecule has 0 aliphatic heterocycles. The van der Waals surface area contributed by atoms with Crippen LogP contribution in [-0.4, -0.2) is 0 Å². The van der Waals surface area contributed by atoms with Gasteiger partial charge in [0.1, 0.15) is 0 Å². The van der Waals surface area contributed by atoms with Crippen LogP contribution in [0.25, 0.3) is 0 Å². The smallest absolute Gasteiger partial charge is 0 e. The molecular formula is CrCuOZr. The van der Waals surface area contributed by atoms with E-state index in [9.17, 15) is 0 Å². The Kier molecular flexibility index (Phi) is 94.3. The second-order valence-corrected chi connectivity index (χ2v) is 0. The van der Waals surface area contributed by atoms with E-state index in [1.165, 1.54) is 0 Å². The summed E-state index contributed by atoms with van der Waals surface area (Å²) in [5.41, 5.74) is 0. The van der Waals surface area contributed by atoms with E-state index in [1.807, 2.05) is 0 Å². The van der Waals surface area contributed by atoms with Crippen molar-refractivity contribution in [2.24, 2.45) is 0 Å². The average molecular weight is 223 g/mol. The second kappa shape index (κ2) is 21.9. The Morgan fingerprint density at radius 2 is 1.25 bits per heavy atom. The molecule has 27 valence electrons. The van der Waals surface area contributed by atoms with Crippen molar-refractivity contribution >= 4 is 0 Å². The Bertz CT molecular complexity index is 8.00. The van der Waals surface area contributed by atoms with E-state index in [0.29, 0.717) is 0 Å². The minimum absolute atomic E-state index is 0. The maximum atomic E-state index is 7.81. The van der Waals surface area contributed by atoms with Crippen molar-refractivity contribution in [1.29, 1.82) is 0 Å². The second-order valence-electron chi connectivity index (χ2n) is 0. The van der Waals surface area contributed by atoms with Crippen molar-refractivity contribution < 1.29 is 63.3 Å². The third kappa shape index (κ3) is 9.28. The fourth-order valence-corrected chi connectivity index (χ4v) is 0. The van der Waals surface area contributed by atoms with Crippen molar-refractivity contribution in [3.05, 3.63) is 0 Å². The van der Waals surface area contributed by atoms with Crippen LogP contribution in [0.1, 0.15) is 0 Å². The predicted molar refractivity (Wildman–Crippen MR) is 0.686 cm³/mol. The zero-order chi connectivity index (χ0) is 2.00. The molecule has 0 saturated carbocycles. The third-order valence-corrected chi connectivity index (χ3v) is 0. The minimum atomic E-state index is 0. The molecule has 0 heterocycles. The zero-order valence-corrected chi connectivity index (χ0v) is 6.29. The van der Waals surface area contributed by atoms with Gasteiger partial charge in [0.05, 0.1) is 0 Å². The molecule has 0 atom stereocenters. The summed E-state index contributed by atoms with van der Waals surface area (Å²) in [7, 11) is 0. The maximum absolute atomic E-state index is 7.81. The van der Waals surface area contributed by atoms with E-state index in [4.69, 9.17) is 3.83 Å². The van der Waals surface area contributed by atoms with Gasteiger partial charge in [0.2, 0.25) is 0 Å². The van der Waals surface area contributed by atoms with Crippen LogP contribution >= 0.6 is 0 Å². The van der Waals surface area contributed by atoms with E-state index in [2.05, 4.69) is 15.9 Å². The van der Waals surface area contributed by atoms with Gasteiger partial charge in [-0.1, -0.05) is 0 Å². The van der Waals surface area contributed by atoms with Crippen molar-refractivity contribution in [3.8, 4) is 0 Å². The largest absolute Gasteiger partial charge is 0 e. The molecule has 0 aliphatic rings. The molecule has 0 bridgehead atoms. The molecule has 0 aromatic rings. The number of hydrogen-bond acceptors (Lipinski definition) is 1. The fourth-order valence-electron chi connectivity index (χ4n) is 0. The minimum Gasteiger partial charge on any atom is 0 e. The Labute approximate surface area is 62.8 Å². The molecule has 0 N–H and O–H groups in total. The van der Waals surface area contributed by atoms with Gasteiger partial charge in [-0.2, -0.15) is 0 Å². The molecule has 0 aliphatic carbocycles. The van der Waals surface area contributed by atoms with Crippen molar-refractivity contribution in [2.75, 3.05) is 0 Å². The molecule has 0 rings (SSSR count). The van der Waals surface area contributed by atoms with Crippen molar-refractivity contribution in [2.45, 2.75) is 0 Å². The molecule has 0 fully saturated rings. The summed E-state index contributed by atoms with van der Waals surface area (Å²) in [4.78, 5) is 0. The van der Waals surface area contributed by atoms with E-state index in [0.717, 1.165) is 0 Å². The fraction of sp³-hybridized carbons (Fsp3) is 0. The molecule has 4 heteroatoms. The Balaban J connectivity index is -0.00000000500. The van der Waals surface area contributed by atoms with Gasteiger partial charge < -0.3 is 0 Å². The van der Waals surface area contributed by atoms with Crippen LogP contribution in [0, 0.1) is 0 Å². The summed E-state index contributed by atoms with van der Waals surface area (Å²) < 4.78 is 7.81. The predicted octanol–water partition coefficient (Wildman–Crippen LogP) is -0.126. The standard InChI is InChI=1S/Cr.Cu.O.Zr. The zero-order valence-electron chi connectivity index (χ0n) is 1.62. The van der Waals surface area contributed by atoms with Crippen molar-refractivity contribution in [3.63, 3.8) is 0 Å². The van der Waals surface area contributed by atoms with Crippen LogP contribution < -0.4 is 0 Å². The summed E-state index contributed by atoms with van der Waals surface area (Å²) in [6.07, 6.45) is 0. The normalized spacial score (nSPS) is 1.50. The van der Waals surface area contributed by atoms with Gasteiger partial charge in [0, 0.05) is 43.6 Å². The average Bonchev–Trinajstić information content (AvgIpc) is 1.00. The summed E-state index contributed by atoms with van der Waals surface area (Å²) >= 11 is 2.94. The molecular weight excluding hydrogens is 223 g/mol. The van der Waals surface area contributed by atoms with E-state index in [1.54, 1.807) is 0 Å². The Morgan fingerprint density at radius 3 is 1.25 bits per heavy atom. The van der Waals surface area contributed by atoms with Gasteiger partial charge in [-0.3, -0.25) is 0 Å². The summed E-state index contributed by atoms with van der Waals surface area (Å²) in [6, 6.07) is 0. The summed E-state index contributed by atoms with van der Waals surface area (Å²) in [5.74, 6) is 0. The maximum Gasteiger partial charge on any atom is 0 e. The van der Waals surface area contributed by atoms with Crippen LogP contribution in [0.3, 0.4) is 0 Å². The first-order valence-corrected chi connectivity index (χ1v) is 0.508. The first-order valence-electron chi connectivity index (χ1n) is 0.123. The van der Waals surface area contributed by atoms with Gasteiger partial charge >= 0.3 is 19.8 Å². The number of hydrogen-bond donors (Lipinski definition) is 0. The molecule has 4 heavy (non-hydrogen) atoms. The van der Waals surface area contributed by atoms with Gasteiger partial charge in [0.25, 0.3) is 0 Å². The van der Waals surface area contributed by atoms with E-state index < -0.39 is 0 Å². The monoisotopic (exact) mass is 221 g/mol. The molecule has 0 unspecified atom stereocenters. The molecule has 1 nitrogen and oxygen atoms in total. The van der Waals surface area contributed by atoms with Gasteiger partial charge in [-0.05, 0) is 0 Å². The molecule has 0 aromatic heterocycles. The van der Waals surface area contributed by atoms with Crippen LogP contribution in [0.5, 0.6) is 0 Å². The van der Waals surface area contributed by atoms with Crippen LogP contribution in [0.2, 0.25) is 0 Å². The first kappa shape index (κ1) is 17.2. The van der Waals surface area contributed by atoms with Gasteiger partial charge in [-0.15, -0.1) is 0 Å². The van der Waals surface area contributed by atoms with Gasteiger partial charge in [0.15, 0.2) is 0 Å². The van der Waals surface area contributed by atoms with E-state index >= 15 is 0 Å². The summed E-state index contributed by atoms with van der Waals surface area (Å²) in [6.45, 7) is 0. The first-order chi connectivity index (χ1) is 1.00. The SMILES string of the molecule is [Cr].[O]=[Cu].[Zr]. The summed E-state index contributed by atoms with van der Waals surface area (Å²) in [5, 5.41) is 0. The molecule has 0 spiro atoms. The van der Waals surface area contributed by atoms with E-state index in [-0.39, 0.29) is 43.6 Å². The third-order valence-electron chi connectivity index (χ3n) is 0. The van der Waals surface area contributed by atoms with Crippen LogP contribution in [0.15, 0.2) is 0 Å². The molecule has 0 radical (unpaired) electrons. The Morgan fingerprint density at radius 1 is 1.25 bits per heavy atom. The van der Waals surface area contributed by atoms with Crippen molar-refractivity contribution in [1.82, 2.24) is 0 Å². The quantitative estimate of drug-likeness (QED) is 0.523. The van der Waals surface area contributed by atoms with Crippen LogP contribution in [0.4, 0.5) is 0 Å². The topological polar surface area (TPSA) is 17.1 Å². The molecule has 0 saturated heterocycles. The number of rotatable bonds is 0. The molecule has 0 amide bonds. The van der Waals surface area contributed by atoms with Gasteiger partial charge in [-0.25, -0.2) is 0 Å².